The molecule has 11 heteroatoms. The summed E-state index contributed by atoms with van der Waals surface area (Å²) in [4.78, 5) is 34.2. The van der Waals surface area contributed by atoms with Gasteiger partial charge >= 0.3 is 0 Å². The number of rotatable bonds is 4. The Morgan fingerprint density at radius 3 is 2.86 bits per heavy atom. The number of nitrogen functional groups attached to an aromatic ring is 1. The quantitative estimate of drug-likeness (QED) is 0.329. The fraction of sp³-hybridized carbons (Fsp3) is 0.0833. The summed E-state index contributed by atoms with van der Waals surface area (Å²) in [5.41, 5.74) is 13.0. The van der Waals surface area contributed by atoms with E-state index in [9.17, 15) is 4.79 Å². The van der Waals surface area contributed by atoms with Gasteiger partial charge in [-0.15, -0.1) is 11.3 Å². The Bertz CT molecular complexity index is 1670. The smallest absolute Gasteiger partial charge is 0.169 e. The maximum atomic E-state index is 15.9. The average molecular weight is 485 g/mol. The van der Waals surface area contributed by atoms with Gasteiger partial charge in [-0.3, -0.25) is 19.7 Å². The van der Waals surface area contributed by atoms with E-state index in [0.29, 0.717) is 50.1 Å². The molecule has 5 aromatic heterocycles. The minimum atomic E-state index is -0.481. The van der Waals surface area contributed by atoms with Crippen molar-refractivity contribution in [3.8, 4) is 21.7 Å². The van der Waals surface area contributed by atoms with Crippen molar-refractivity contribution in [3.63, 3.8) is 0 Å². The molecule has 0 bridgehead atoms. The highest BCUT2D eigenvalue weighted by Gasteiger charge is 2.27. The second-order valence-corrected chi connectivity index (χ2v) is 9.05. The Morgan fingerprint density at radius 1 is 1.17 bits per heavy atom. The molecule has 1 aliphatic rings. The van der Waals surface area contributed by atoms with Crippen molar-refractivity contribution in [2.24, 2.45) is 5.10 Å². The van der Waals surface area contributed by atoms with Crippen LogP contribution < -0.4 is 11.2 Å². The van der Waals surface area contributed by atoms with Gasteiger partial charge in [-0.05, 0) is 31.2 Å². The first kappa shape index (κ1) is 21.1. The van der Waals surface area contributed by atoms with Crippen LogP contribution in [0, 0.1) is 5.82 Å². The number of imidazole rings is 1. The molecular formula is C24H17FN8OS. The molecule has 1 aliphatic heterocycles. The number of nitrogens with one attached hydrogen (secondary N) is 2. The molecule has 6 heterocycles. The van der Waals surface area contributed by atoms with E-state index in [1.54, 1.807) is 24.4 Å². The molecule has 0 atom stereocenters. The van der Waals surface area contributed by atoms with Gasteiger partial charge in [0.1, 0.15) is 22.7 Å². The van der Waals surface area contributed by atoms with E-state index >= 15 is 4.39 Å². The predicted octanol–water partition coefficient (Wildman–Crippen LogP) is 3.92. The number of nitrogens with two attached hydrogens (primary N) is 1. The Labute approximate surface area is 202 Å². The molecule has 5 aromatic rings. The van der Waals surface area contributed by atoms with Crippen molar-refractivity contribution in [3.05, 3.63) is 76.8 Å². The molecule has 0 fully saturated rings. The zero-order valence-corrected chi connectivity index (χ0v) is 19.2. The SMILES string of the molecule is CC(=O)c1ccc(-c2nccc3[nH]c(C4=NNCc5ncc(-c6cncc(N)c6)c(F)c54)nc23)s1. The van der Waals surface area contributed by atoms with Crippen molar-refractivity contribution < 1.29 is 9.18 Å². The topological polar surface area (TPSA) is 135 Å². The normalized spacial score (nSPS) is 12.8. The fourth-order valence-electron chi connectivity index (χ4n) is 4.01. The van der Waals surface area contributed by atoms with Crippen LogP contribution in [-0.2, 0) is 6.54 Å². The van der Waals surface area contributed by atoms with Crippen LogP contribution in [-0.4, -0.2) is 36.4 Å². The number of anilines is 1. The number of Topliss-reactive ketones (excluding diaryl/α,β-unsaturated/α-hetero) is 1. The van der Waals surface area contributed by atoms with Crippen molar-refractivity contribution in [2.75, 3.05) is 5.73 Å². The van der Waals surface area contributed by atoms with Gasteiger partial charge in [0.15, 0.2) is 11.6 Å². The number of hydrazone groups is 1. The number of hydrogen-bond acceptors (Lipinski definition) is 9. The zero-order valence-electron chi connectivity index (χ0n) is 18.3. The van der Waals surface area contributed by atoms with E-state index in [1.807, 2.05) is 6.07 Å². The Balaban J connectivity index is 1.49. The van der Waals surface area contributed by atoms with Crippen LogP contribution in [0.2, 0.25) is 0 Å². The van der Waals surface area contributed by atoms with Gasteiger partial charge in [0.05, 0.1) is 38.8 Å². The molecular weight excluding hydrogens is 467 g/mol. The van der Waals surface area contributed by atoms with Crippen LogP contribution in [0.25, 0.3) is 32.7 Å². The van der Waals surface area contributed by atoms with Crippen LogP contribution in [0.5, 0.6) is 0 Å². The van der Waals surface area contributed by atoms with Crippen LogP contribution >= 0.6 is 11.3 Å². The number of ketones is 1. The monoisotopic (exact) mass is 484 g/mol. The summed E-state index contributed by atoms with van der Waals surface area (Å²) in [6.07, 6.45) is 6.17. The number of pyridine rings is 3. The molecule has 0 amide bonds. The molecule has 6 rings (SSSR count). The minimum absolute atomic E-state index is 0.00969. The summed E-state index contributed by atoms with van der Waals surface area (Å²) in [5.74, 6) is -0.120. The van der Waals surface area contributed by atoms with Gasteiger partial charge in [-0.2, -0.15) is 5.10 Å². The number of aromatic nitrogens is 5. The second kappa shape index (κ2) is 8.06. The standard InChI is InChI=1S/C24H17FN8OS/c1-11(34)17-2-3-18(35-17)22-21-15(4-5-28-22)31-24(32-21)23-19-16(10-30-33-23)29-9-14(20(19)25)12-6-13(26)8-27-7-12/h2-9,30H,10,26H2,1H3,(H,31,32). The highest BCUT2D eigenvalue weighted by molar-refractivity contribution is 7.17. The summed E-state index contributed by atoms with van der Waals surface area (Å²) < 4.78 is 15.9. The molecule has 4 N–H and O–H groups in total. The van der Waals surface area contributed by atoms with E-state index in [1.165, 1.54) is 36.9 Å². The third-order valence-electron chi connectivity index (χ3n) is 5.65. The van der Waals surface area contributed by atoms with Gasteiger partial charge in [-0.1, -0.05) is 0 Å². The number of aromatic amines is 1. The maximum Gasteiger partial charge on any atom is 0.169 e. The van der Waals surface area contributed by atoms with Gasteiger partial charge in [0.25, 0.3) is 0 Å². The summed E-state index contributed by atoms with van der Waals surface area (Å²) in [5, 5.41) is 4.37. The highest BCUT2D eigenvalue weighted by atomic mass is 32.1. The minimum Gasteiger partial charge on any atom is -0.397 e. The lowest BCUT2D eigenvalue weighted by Gasteiger charge is -2.18. The summed E-state index contributed by atoms with van der Waals surface area (Å²) >= 11 is 1.35. The Kier molecular flexibility index (Phi) is 4.85. The number of H-pyrrole nitrogens is 1. The molecule has 35 heavy (non-hydrogen) atoms. The summed E-state index contributed by atoms with van der Waals surface area (Å²) in [6, 6.07) is 7.06. The van der Waals surface area contributed by atoms with Gasteiger partial charge in [0, 0.05) is 35.9 Å². The number of carbonyl (C=O) groups excluding carboxylic acids is 1. The number of carbonyl (C=O) groups is 1. The first-order chi connectivity index (χ1) is 17.0. The number of nitrogens with zero attached hydrogens (tertiary/aromatic N) is 5. The van der Waals surface area contributed by atoms with Crippen molar-refractivity contribution in [1.82, 2.24) is 30.3 Å². The maximum absolute atomic E-state index is 15.9. The summed E-state index contributed by atoms with van der Waals surface area (Å²) in [7, 11) is 0. The van der Waals surface area contributed by atoms with E-state index in [-0.39, 0.29) is 23.5 Å². The van der Waals surface area contributed by atoms with Crippen molar-refractivity contribution in [1.29, 1.82) is 0 Å². The van der Waals surface area contributed by atoms with Gasteiger partial charge < -0.3 is 16.1 Å². The average Bonchev–Trinajstić information content (AvgIpc) is 3.52. The summed E-state index contributed by atoms with van der Waals surface area (Å²) in [6.45, 7) is 1.81. The van der Waals surface area contributed by atoms with Crippen molar-refractivity contribution >= 4 is 39.6 Å². The Hall–Kier alpha value is -4.51. The van der Waals surface area contributed by atoms with Crippen LogP contribution in [0.3, 0.4) is 0 Å². The number of halogens is 1. The van der Waals surface area contributed by atoms with E-state index < -0.39 is 5.82 Å². The molecule has 0 aliphatic carbocycles. The highest BCUT2D eigenvalue weighted by Crippen LogP contribution is 2.33. The van der Waals surface area contributed by atoms with Gasteiger partial charge in [-0.25, -0.2) is 9.37 Å². The second-order valence-electron chi connectivity index (χ2n) is 7.97. The Morgan fingerprint density at radius 2 is 2.06 bits per heavy atom. The molecule has 9 nitrogen and oxygen atoms in total. The number of fused-ring (bicyclic) bond motifs is 2. The van der Waals surface area contributed by atoms with E-state index in [0.717, 1.165) is 4.88 Å². The van der Waals surface area contributed by atoms with Crippen molar-refractivity contribution in [2.45, 2.75) is 13.5 Å². The molecule has 0 spiro atoms. The van der Waals surface area contributed by atoms with Crippen LogP contribution in [0.15, 0.2) is 54.2 Å². The largest absolute Gasteiger partial charge is 0.397 e. The van der Waals surface area contributed by atoms with Crippen LogP contribution in [0.1, 0.15) is 33.7 Å². The lowest BCUT2D eigenvalue weighted by Crippen LogP contribution is -2.25. The lowest BCUT2D eigenvalue weighted by atomic mass is 9.99. The third kappa shape index (κ3) is 3.53. The predicted molar refractivity (Wildman–Crippen MR) is 132 cm³/mol. The first-order valence-electron chi connectivity index (χ1n) is 10.6. The van der Waals surface area contributed by atoms with Crippen LogP contribution in [0.4, 0.5) is 10.1 Å². The molecule has 0 saturated heterocycles. The molecule has 0 radical (unpaired) electrons. The molecule has 0 unspecified atom stereocenters. The first-order valence-corrected chi connectivity index (χ1v) is 11.5. The molecule has 0 saturated carbocycles. The molecule has 0 aromatic carbocycles. The molecule has 172 valence electrons. The van der Waals surface area contributed by atoms with E-state index in [2.05, 4.69) is 30.5 Å². The van der Waals surface area contributed by atoms with E-state index in [4.69, 9.17) is 10.7 Å². The fourth-order valence-corrected chi connectivity index (χ4v) is 4.91. The number of hydrogen-bond donors (Lipinski definition) is 3. The van der Waals surface area contributed by atoms with Gasteiger partial charge in [0.2, 0.25) is 0 Å². The lowest BCUT2D eigenvalue weighted by molar-refractivity contribution is 0.102. The number of thiophene rings is 1. The third-order valence-corrected chi connectivity index (χ3v) is 6.84. The zero-order chi connectivity index (χ0) is 24.1.